The summed E-state index contributed by atoms with van der Waals surface area (Å²) in [6.07, 6.45) is 22.3. The molecule has 2 aromatic rings. The molecule has 0 saturated heterocycles. The fourth-order valence-corrected chi connectivity index (χ4v) is 9.05. The van der Waals surface area contributed by atoms with Crippen LogP contribution in [-0.4, -0.2) is 77.5 Å². The number of ketones is 7. The van der Waals surface area contributed by atoms with Gasteiger partial charge in [-0.3, -0.25) is 24.0 Å². The number of hydrogen-bond donors (Lipinski definition) is 1. The summed E-state index contributed by atoms with van der Waals surface area (Å²) in [6, 6.07) is 16.2. The maximum Gasteiger partial charge on any atom is 0.307 e. The molecule has 0 bridgehead atoms. The third-order valence-corrected chi connectivity index (χ3v) is 15.1. The van der Waals surface area contributed by atoms with Crippen LogP contribution in [0.4, 0.5) is 0 Å². The number of carboxylic acid groups (broad SMARTS) is 1. The number of carbonyl (C=O) groups is 8. The number of hydrogen-bond acceptors (Lipinski definition) is 10. The quantitative estimate of drug-likeness (QED) is 0.0631. The zero-order valence-corrected chi connectivity index (χ0v) is 64.8. The van der Waals surface area contributed by atoms with Gasteiger partial charge in [0.15, 0.2) is 0 Å². The van der Waals surface area contributed by atoms with Gasteiger partial charge in [0.1, 0.15) is 40.5 Å². The highest BCUT2D eigenvalue weighted by Crippen LogP contribution is 2.43. The van der Waals surface area contributed by atoms with Crippen LogP contribution in [0.2, 0.25) is 0 Å². The third-order valence-electron chi connectivity index (χ3n) is 15.1. The van der Waals surface area contributed by atoms with E-state index in [1.165, 1.54) is 81.8 Å². The fraction of sp³-hybridized carbons (Fsp3) is 0.756. The van der Waals surface area contributed by atoms with Gasteiger partial charge in [0.2, 0.25) is 0 Å². The molecule has 93 heavy (non-hydrogen) atoms. The van der Waals surface area contributed by atoms with Crippen LogP contribution in [0.3, 0.4) is 0 Å². The van der Waals surface area contributed by atoms with Crippen LogP contribution in [0, 0.1) is 65.1 Å². The van der Waals surface area contributed by atoms with Crippen LogP contribution in [0.25, 0.3) is 0 Å². The van der Waals surface area contributed by atoms with Crippen LogP contribution in [0.5, 0.6) is 0 Å². The SMILES string of the molecule is CC(=O)C(C)CCCC(C)C.CC(=O)C1CC1CCC(C)C.CC(=O)CC(C)CCC(C)C.CC(=O)CCCCC(C)C.CC(=O)CCCOC(C)C.CC(=O)CCOCC(C)C.CC(=O)Cc1cccc(CCC(C)C)c1.CC(C)CCc1ccc(CC(=O)O)cc1. The van der Waals surface area contributed by atoms with Gasteiger partial charge in [-0.1, -0.05) is 204 Å². The number of benzene rings is 2. The van der Waals surface area contributed by atoms with Crippen molar-refractivity contribution in [2.75, 3.05) is 19.8 Å². The molecule has 3 rings (SSSR count). The van der Waals surface area contributed by atoms with Crippen molar-refractivity contribution in [3.63, 3.8) is 0 Å². The molecule has 4 atom stereocenters. The van der Waals surface area contributed by atoms with Crippen LogP contribution >= 0.6 is 0 Å². The molecule has 0 amide bonds. The van der Waals surface area contributed by atoms with E-state index in [1.807, 2.05) is 57.2 Å². The standard InChI is InChI=1S/C14H20O.C13H18O2.C10H18O.2C10H20O.C9H18O.2C8H16O2/c1-11(2)7-8-13-5-4-6-14(10-13)9-12(3)15;1-10(2)3-4-11-5-7-12(8-6-11)9-13(14)15;1-7(2)4-5-9-6-10(9)8(3)11;1-8(2)5-6-9(3)7-10(4)11;1-8(2)6-5-7-9(3)10(4)11;1-8(2)6-4-5-7-9(3)10;1-7(2)6-10-5-4-8(3)9;1-7(2)10-6-4-5-8(3)9/h4-6,10-11H,7-9H2,1-3H3;5-8,10H,3-4,9H2,1-2H3,(H,14,15);7,9-10H,4-6H2,1-3H3;2*8-9H,5-7H2,1-4H3;8H,4-7H2,1-3H3;2*7H,4-6H2,1-3H3. The Morgan fingerprint density at radius 2 is 0.914 bits per heavy atom. The zero-order valence-electron chi connectivity index (χ0n) is 64.8. The average molecular weight is 1310 g/mol. The molecular formula is C82H146O11. The molecule has 0 radical (unpaired) electrons. The van der Waals surface area contributed by atoms with Crippen molar-refractivity contribution in [3.05, 3.63) is 70.8 Å². The minimum atomic E-state index is -0.773. The monoisotopic (exact) mass is 1310 g/mol. The molecule has 11 nitrogen and oxygen atoms in total. The summed E-state index contributed by atoms with van der Waals surface area (Å²) in [4.78, 5) is 85.2. The average Bonchev–Trinajstić information content (AvgIpc) is 1.70. The first-order chi connectivity index (χ1) is 43.2. The van der Waals surface area contributed by atoms with Crippen molar-refractivity contribution in [1.29, 1.82) is 0 Å². The molecule has 11 heteroatoms. The van der Waals surface area contributed by atoms with Gasteiger partial charge in [0.25, 0.3) is 0 Å². The molecule has 0 aromatic heterocycles. The number of rotatable bonds is 39. The number of unbranched alkanes of at least 4 members (excludes halogenated alkanes) is 1. The van der Waals surface area contributed by atoms with Gasteiger partial charge in [-0.15, -0.1) is 0 Å². The summed E-state index contributed by atoms with van der Waals surface area (Å²) in [5, 5.41) is 8.61. The summed E-state index contributed by atoms with van der Waals surface area (Å²) in [6.45, 7) is 52.6. The summed E-state index contributed by atoms with van der Waals surface area (Å²) in [5.41, 5.74) is 4.65. The molecule has 1 saturated carbocycles. The van der Waals surface area contributed by atoms with Crippen LogP contribution in [-0.2, 0) is 73.5 Å². The summed E-state index contributed by atoms with van der Waals surface area (Å²) in [5.74, 6) is 8.44. The first kappa shape index (κ1) is 97.2. The molecule has 1 fully saturated rings. The van der Waals surface area contributed by atoms with E-state index in [0.29, 0.717) is 79.3 Å². The van der Waals surface area contributed by atoms with Crippen molar-refractivity contribution in [1.82, 2.24) is 0 Å². The lowest BCUT2D eigenvalue weighted by Crippen LogP contribution is -2.06. The number of ether oxygens (including phenoxy) is 2. The fourth-order valence-electron chi connectivity index (χ4n) is 9.05. The van der Waals surface area contributed by atoms with E-state index in [2.05, 4.69) is 116 Å². The second kappa shape index (κ2) is 62.3. The normalized spacial score (nSPS) is 13.4. The lowest BCUT2D eigenvalue weighted by atomic mass is 9.95. The zero-order chi connectivity index (χ0) is 72.6. The van der Waals surface area contributed by atoms with Crippen molar-refractivity contribution in [2.24, 2.45) is 65.1 Å². The molecular weight excluding hydrogens is 1160 g/mol. The van der Waals surface area contributed by atoms with Crippen molar-refractivity contribution >= 4 is 46.5 Å². The van der Waals surface area contributed by atoms with Crippen LogP contribution < -0.4 is 0 Å². The van der Waals surface area contributed by atoms with Crippen LogP contribution in [0.15, 0.2) is 48.5 Å². The highest BCUT2D eigenvalue weighted by Gasteiger charge is 2.39. The van der Waals surface area contributed by atoms with Gasteiger partial charge < -0.3 is 29.0 Å². The number of carbonyl (C=O) groups excluding carboxylic acids is 7. The Morgan fingerprint density at radius 1 is 0.441 bits per heavy atom. The Labute approximate surface area is 572 Å². The highest BCUT2D eigenvalue weighted by molar-refractivity contribution is 5.81. The van der Waals surface area contributed by atoms with E-state index in [-0.39, 0.29) is 35.8 Å². The predicted molar refractivity (Wildman–Crippen MR) is 394 cm³/mol. The Bertz CT molecular complexity index is 2110. The topological polar surface area (TPSA) is 175 Å². The lowest BCUT2D eigenvalue weighted by Gasteiger charge is -2.10. The number of aryl methyl sites for hydroxylation is 2. The smallest absolute Gasteiger partial charge is 0.307 e. The van der Waals surface area contributed by atoms with Crippen molar-refractivity contribution in [2.45, 2.75) is 320 Å². The Hall–Kier alpha value is -4.48. The lowest BCUT2D eigenvalue weighted by molar-refractivity contribution is -0.136. The first-order valence-corrected chi connectivity index (χ1v) is 36.2. The largest absolute Gasteiger partial charge is 0.481 e. The van der Waals surface area contributed by atoms with E-state index < -0.39 is 5.97 Å². The maximum absolute atomic E-state index is 11.0. The Kier molecular flexibility index (Phi) is 65.2. The molecule has 2 aromatic carbocycles. The summed E-state index contributed by atoms with van der Waals surface area (Å²) >= 11 is 0. The number of aliphatic carboxylic acids is 1. The van der Waals surface area contributed by atoms with Crippen LogP contribution in [0.1, 0.15) is 311 Å². The van der Waals surface area contributed by atoms with Gasteiger partial charge in [-0.05, 0) is 196 Å². The summed E-state index contributed by atoms with van der Waals surface area (Å²) < 4.78 is 10.4. The Balaban J connectivity index is -0.000000319. The molecule has 540 valence electrons. The number of Topliss-reactive ketones (excluding diaryl/α,β-unsaturated/α-hetero) is 7. The van der Waals surface area contributed by atoms with Gasteiger partial charge in [-0.2, -0.15) is 0 Å². The third kappa shape index (κ3) is 81.7. The van der Waals surface area contributed by atoms with E-state index >= 15 is 0 Å². The molecule has 4 unspecified atom stereocenters. The van der Waals surface area contributed by atoms with Gasteiger partial charge in [-0.25, -0.2) is 0 Å². The van der Waals surface area contributed by atoms with E-state index in [9.17, 15) is 38.4 Å². The molecule has 0 heterocycles. The second-order valence-corrected chi connectivity index (χ2v) is 29.9. The van der Waals surface area contributed by atoms with E-state index in [0.717, 1.165) is 98.2 Å². The predicted octanol–water partition coefficient (Wildman–Crippen LogP) is 21.2. The van der Waals surface area contributed by atoms with Crippen molar-refractivity contribution in [3.8, 4) is 0 Å². The molecule has 1 aliphatic carbocycles. The van der Waals surface area contributed by atoms with Crippen molar-refractivity contribution < 1.29 is 52.9 Å². The highest BCUT2D eigenvalue weighted by atomic mass is 16.5. The first-order valence-electron chi connectivity index (χ1n) is 36.2. The van der Waals surface area contributed by atoms with E-state index in [4.69, 9.17) is 14.6 Å². The van der Waals surface area contributed by atoms with Gasteiger partial charge in [0, 0.05) is 57.2 Å². The molecule has 0 aliphatic heterocycles. The Morgan fingerprint density at radius 3 is 1.33 bits per heavy atom. The number of carboxylic acids is 1. The second-order valence-electron chi connectivity index (χ2n) is 29.9. The van der Waals surface area contributed by atoms with Gasteiger partial charge in [0.05, 0.1) is 19.1 Å². The maximum atomic E-state index is 11.0. The molecule has 1 N–H and O–H groups in total. The van der Waals surface area contributed by atoms with Gasteiger partial charge >= 0.3 is 5.97 Å². The summed E-state index contributed by atoms with van der Waals surface area (Å²) in [7, 11) is 0. The minimum Gasteiger partial charge on any atom is -0.481 e. The van der Waals surface area contributed by atoms with E-state index in [1.54, 1.807) is 48.5 Å². The minimum absolute atomic E-state index is 0.116. The molecule has 1 aliphatic rings. The molecule has 0 spiro atoms.